The number of aryl methyl sites for hydroxylation is 1. The van der Waals surface area contributed by atoms with E-state index in [2.05, 4.69) is 14.9 Å². The van der Waals surface area contributed by atoms with Crippen LogP contribution in [0.3, 0.4) is 0 Å². The van der Waals surface area contributed by atoms with Crippen molar-refractivity contribution in [1.29, 1.82) is 0 Å². The Morgan fingerprint density at radius 1 is 1.29 bits per heavy atom. The van der Waals surface area contributed by atoms with E-state index < -0.39 is 0 Å². The Labute approximate surface area is 102 Å². The van der Waals surface area contributed by atoms with Crippen molar-refractivity contribution in [3.05, 3.63) is 11.4 Å². The molecule has 1 aromatic heterocycles. The van der Waals surface area contributed by atoms with Crippen molar-refractivity contribution in [2.75, 3.05) is 36.9 Å². The molecule has 5 nitrogen and oxygen atoms in total. The molecule has 94 valence electrons. The molecule has 2 N–H and O–H groups in total. The van der Waals surface area contributed by atoms with E-state index in [0.29, 0.717) is 5.82 Å². The maximum absolute atomic E-state index is 5.93. The van der Waals surface area contributed by atoms with Crippen LogP contribution in [0, 0.1) is 6.92 Å². The summed E-state index contributed by atoms with van der Waals surface area (Å²) < 4.78 is 5.46. The Morgan fingerprint density at radius 2 is 2.12 bits per heavy atom. The topological polar surface area (TPSA) is 64.3 Å². The first kappa shape index (κ1) is 12.1. The molecule has 2 rings (SSSR count). The van der Waals surface area contributed by atoms with E-state index in [1.807, 2.05) is 13.8 Å². The van der Waals surface area contributed by atoms with Gasteiger partial charge in [-0.3, -0.25) is 0 Å². The molecule has 0 amide bonds. The molecule has 1 aromatic rings. The van der Waals surface area contributed by atoms with Crippen LogP contribution in [0.1, 0.15) is 24.7 Å². The summed E-state index contributed by atoms with van der Waals surface area (Å²) >= 11 is 0. The third-order valence-electron chi connectivity index (χ3n) is 3.04. The summed E-state index contributed by atoms with van der Waals surface area (Å²) in [4.78, 5) is 11.1. The molecule has 2 heterocycles. The molecule has 1 fully saturated rings. The Hall–Kier alpha value is -1.36. The third kappa shape index (κ3) is 2.66. The van der Waals surface area contributed by atoms with Gasteiger partial charge in [0.05, 0.1) is 6.61 Å². The summed E-state index contributed by atoms with van der Waals surface area (Å²) in [5, 5.41) is 0. The van der Waals surface area contributed by atoms with Crippen LogP contribution in [-0.4, -0.2) is 36.3 Å². The molecule has 1 saturated heterocycles. The monoisotopic (exact) mass is 236 g/mol. The van der Waals surface area contributed by atoms with Gasteiger partial charge in [-0.25, -0.2) is 9.97 Å². The second-order valence-electron chi connectivity index (χ2n) is 4.28. The average Bonchev–Trinajstić information content (AvgIpc) is 2.61. The second kappa shape index (κ2) is 5.31. The Morgan fingerprint density at radius 3 is 2.88 bits per heavy atom. The van der Waals surface area contributed by atoms with Gasteiger partial charge in [0.1, 0.15) is 17.5 Å². The summed E-state index contributed by atoms with van der Waals surface area (Å²) in [6.45, 7) is 7.46. The van der Waals surface area contributed by atoms with Gasteiger partial charge < -0.3 is 15.4 Å². The predicted octanol–water partition coefficient (Wildman–Crippen LogP) is 1.16. The molecule has 17 heavy (non-hydrogen) atoms. The maximum atomic E-state index is 5.93. The molecule has 0 unspecified atom stereocenters. The minimum Gasteiger partial charge on any atom is -0.383 e. The van der Waals surface area contributed by atoms with E-state index in [4.69, 9.17) is 10.5 Å². The van der Waals surface area contributed by atoms with Gasteiger partial charge in [0.25, 0.3) is 0 Å². The molecule has 0 bridgehead atoms. The van der Waals surface area contributed by atoms with Gasteiger partial charge in [0, 0.05) is 31.7 Å². The van der Waals surface area contributed by atoms with Crippen LogP contribution in [0.5, 0.6) is 0 Å². The maximum Gasteiger partial charge on any atom is 0.137 e. The molecule has 5 heteroatoms. The SMILES string of the molecule is CCc1nc(N)c(C)c(N2CCCOCC2)n1. The van der Waals surface area contributed by atoms with E-state index >= 15 is 0 Å². The first-order valence-electron chi connectivity index (χ1n) is 6.18. The van der Waals surface area contributed by atoms with Gasteiger partial charge in [-0.2, -0.15) is 0 Å². The van der Waals surface area contributed by atoms with Gasteiger partial charge in [-0.1, -0.05) is 6.92 Å². The largest absolute Gasteiger partial charge is 0.383 e. The smallest absolute Gasteiger partial charge is 0.137 e. The van der Waals surface area contributed by atoms with Crippen molar-refractivity contribution in [3.8, 4) is 0 Å². The highest BCUT2D eigenvalue weighted by molar-refractivity contribution is 5.56. The molecule has 1 aliphatic heterocycles. The Bertz CT molecular complexity index is 386. The average molecular weight is 236 g/mol. The highest BCUT2D eigenvalue weighted by Crippen LogP contribution is 2.22. The van der Waals surface area contributed by atoms with E-state index in [0.717, 1.165) is 56.4 Å². The minimum absolute atomic E-state index is 0.594. The molecule has 1 aliphatic rings. The number of hydrogen-bond donors (Lipinski definition) is 1. The third-order valence-corrected chi connectivity index (χ3v) is 3.04. The van der Waals surface area contributed by atoms with Crippen molar-refractivity contribution in [3.63, 3.8) is 0 Å². The number of nitrogen functional groups attached to an aromatic ring is 1. The predicted molar refractivity (Wildman–Crippen MR) is 68.2 cm³/mol. The van der Waals surface area contributed by atoms with Gasteiger partial charge in [0.15, 0.2) is 0 Å². The molecule has 0 saturated carbocycles. The summed E-state index contributed by atoms with van der Waals surface area (Å²) in [6.07, 6.45) is 1.84. The van der Waals surface area contributed by atoms with Gasteiger partial charge in [-0.05, 0) is 13.3 Å². The van der Waals surface area contributed by atoms with Gasteiger partial charge in [-0.15, -0.1) is 0 Å². The van der Waals surface area contributed by atoms with Crippen molar-refractivity contribution >= 4 is 11.6 Å². The number of anilines is 2. The van der Waals surface area contributed by atoms with E-state index in [-0.39, 0.29) is 0 Å². The Kier molecular flexibility index (Phi) is 3.78. The molecule has 0 radical (unpaired) electrons. The lowest BCUT2D eigenvalue weighted by atomic mass is 10.2. The normalized spacial score (nSPS) is 16.9. The van der Waals surface area contributed by atoms with Gasteiger partial charge >= 0.3 is 0 Å². The lowest BCUT2D eigenvalue weighted by Crippen LogP contribution is -2.28. The van der Waals surface area contributed by atoms with Crippen molar-refractivity contribution in [2.45, 2.75) is 26.7 Å². The number of nitrogens with two attached hydrogens (primary N) is 1. The number of ether oxygens (including phenoxy) is 1. The van der Waals surface area contributed by atoms with Crippen LogP contribution >= 0.6 is 0 Å². The second-order valence-corrected chi connectivity index (χ2v) is 4.28. The zero-order chi connectivity index (χ0) is 12.3. The summed E-state index contributed by atoms with van der Waals surface area (Å²) in [5.41, 5.74) is 6.91. The van der Waals surface area contributed by atoms with Crippen molar-refractivity contribution in [1.82, 2.24) is 9.97 Å². The molecule has 0 spiro atoms. The van der Waals surface area contributed by atoms with E-state index in [1.54, 1.807) is 0 Å². The minimum atomic E-state index is 0.594. The number of nitrogens with zero attached hydrogens (tertiary/aromatic N) is 3. The summed E-state index contributed by atoms with van der Waals surface area (Å²) in [6, 6.07) is 0. The first-order valence-corrected chi connectivity index (χ1v) is 6.18. The lowest BCUT2D eigenvalue weighted by molar-refractivity contribution is 0.152. The standard InChI is InChI=1S/C12H20N4O/c1-3-10-14-11(13)9(2)12(15-10)16-5-4-7-17-8-6-16/h3-8H2,1-2H3,(H2,13,14,15). The Balaban J connectivity index is 2.31. The zero-order valence-corrected chi connectivity index (χ0v) is 10.6. The number of hydrogen-bond acceptors (Lipinski definition) is 5. The molecule has 0 aromatic carbocycles. The van der Waals surface area contributed by atoms with Crippen LogP contribution in [0.2, 0.25) is 0 Å². The van der Waals surface area contributed by atoms with Crippen molar-refractivity contribution < 1.29 is 4.74 Å². The number of aromatic nitrogens is 2. The first-order chi connectivity index (χ1) is 8.22. The van der Waals surface area contributed by atoms with Crippen LogP contribution in [-0.2, 0) is 11.2 Å². The molecule has 0 aliphatic carbocycles. The van der Waals surface area contributed by atoms with Crippen LogP contribution in [0.15, 0.2) is 0 Å². The van der Waals surface area contributed by atoms with E-state index in [1.165, 1.54) is 0 Å². The zero-order valence-electron chi connectivity index (χ0n) is 10.6. The summed E-state index contributed by atoms with van der Waals surface area (Å²) in [5.74, 6) is 2.38. The fourth-order valence-corrected chi connectivity index (χ4v) is 1.99. The quantitative estimate of drug-likeness (QED) is 0.834. The van der Waals surface area contributed by atoms with Gasteiger partial charge in [0.2, 0.25) is 0 Å². The molecule has 0 atom stereocenters. The lowest BCUT2D eigenvalue weighted by Gasteiger charge is -2.23. The highest BCUT2D eigenvalue weighted by atomic mass is 16.5. The fourth-order valence-electron chi connectivity index (χ4n) is 1.99. The fraction of sp³-hybridized carbons (Fsp3) is 0.667. The number of rotatable bonds is 2. The van der Waals surface area contributed by atoms with Crippen LogP contribution in [0.25, 0.3) is 0 Å². The summed E-state index contributed by atoms with van der Waals surface area (Å²) in [7, 11) is 0. The van der Waals surface area contributed by atoms with Crippen LogP contribution in [0.4, 0.5) is 11.6 Å². The highest BCUT2D eigenvalue weighted by Gasteiger charge is 2.16. The van der Waals surface area contributed by atoms with E-state index in [9.17, 15) is 0 Å². The van der Waals surface area contributed by atoms with Crippen LogP contribution < -0.4 is 10.6 Å². The van der Waals surface area contributed by atoms with Crippen molar-refractivity contribution in [2.24, 2.45) is 0 Å². The molecular weight excluding hydrogens is 216 g/mol. The molecular formula is C12H20N4O.